The summed E-state index contributed by atoms with van der Waals surface area (Å²) in [5, 5.41) is 0. The number of hydrogen-bond acceptors (Lipinski definition) is 4. The van der Waals surface area contributed by atoms with Crippen LogP contribution in [0.25, 0.3) is 0 Å². The molecule has 0 bridgehead atoms. The maximum Gasteiger partial charge on any atom is 0.227 e. The van der Waals surface area contributed by atoms with E-state index in [2.05, 4.69) is 46.1 Å². The van der Waals surface area contributed by atoms with E-state index < -0.39 is 0 Å². The van der Waals surface area contributed by atoms with E-state index in [9.17, 15) is 4.79 Å². The van der Waals surface area contributed by atoms with Crippen molar-refractivity contribution >= 4 is 11.6 Å². The van der Waals surface area contributed by atoms with Gasteiger partial charge in [-0.15, -0.1) is 0 Å². The van der Waals surface area contributed by atoms with E-state index in [1.165, 1.54) is 5.56 Å². The topological polar surface area (TPSA) is 61.5 Å². The molecule has 3 atom stereocenters. The molecule has 2 saturated heterocycles. The number of carbonyl (C=O) groups excluding carboxylic acids is 1. The number of nitrogens with one attached hydrogen (secondary N) is 1. The molecular weight excluding hydrogens is 328 g/mol. The van der Waals surface area contributed by atoms with Crippen LogP contribution in [0.4, 0.5) is 5.69 Å². The minimum absolute atomic E-state index is 0.217. The Morgan fingerprint density at radius 1 is 1.31 bits per heavy atom. The van der Waals surface area contributed by atoms with Crippen molar-refractivity contribution < 1.29 is 9.53 Å². The van der Waals surface area contributed by atoms with Crippen molar-refractivity contribution in [1.82, 2.24) is 14.9 Å². The van der Waals surface area contributed by atoms with E-state index >= 15 is 0 Å². The fourth-order valence-electron chi connectivity index (χ4n) is 4.19. The van der Waals surface area contributed by atoms with Crippen LogP contribution >= 0.6 is 0 Å². The maximum atomic E-state index is 11.9. The van der Waals surface area contributed by atoms with Crippen LogP contribution in [0.2, 0.25) is 0 Å². The normalized spacial score (nSPS) is 25.2. The lowest BCUT2D eigenvalue weighted by Crippen LogP contribution is -2.29. The molecule has 138 valence electrons. The van der Waals surface area contributed by atoms with Crippen molar-refractivity contribution in [1.29, 1.82) is 0 Å². The van der Waals surface area contributed by atoms with E-state index in [1.54, 1.807) is 13.3 Å². The molecule has 2 aliphatic rings. The Labute approximate surface area is 154 Å². The van der Waals surface area contributed by atoms with Gasteiger partial charge >= 0.3 is 0 Å². The highest BCUT2D eigenvalue weighted by Gasteiger charge is 2.37. The molecule has 0 spiro atoms. The number of hydrogen-bond donors (Lipinski definition) is 1. The van der Waals surface area contributed by atoms with Gasteiger partial charge in [0.2, 0.25) is 5.91 Å². The molecule has 1 amide bonds. The molecule has 1 aromatic carbocycles. The zero-order valence-electron chi connectivity index (χ0n) is 15.4. The summed E-state index contributed by atoms with van der Waals surface area (Å²) >= 11 is 0. The minimum atomic E-state index is 0.217. The van der Waals surface area contributed by atoms with Crippen LogP contribution in [-0.2, 0) is 9.53 Å². The van der Waals surface area contributed by atoms with Gasteiger partial charge in [0, 0.05) is 50.7 Å². The summed E-state index contributed by atoms with van der Waals surface area (Å²) in [6.07, 6.45) is 6.45. The summed E-state index contributed by atoms with van der Waals surface area (Å²) in [6, 6.07) is 8.90. The predicted octanol–water partition coefficient (Wildman–Crippen LogP) is 3.06. The Morgan fingerprint density at radius 3 is 2.73 bits per heavy atom. The predicted molar refractivity (Wildman–Crippen MR) is 99.9 cm³/mol. The van der Waals surface area contributed by atoms with Crippen LogP contribution in [-0.4, -0.2) is 47.1 Å². The molecule has 6 nitrogen and oxygen atoms in total. The lowest BCUT2D eigenvalue weighted by Gasteiger charge is -2.30. The summed E-state index contributed by atoms with van der Waals surface area (Å²) < 4.78 is 5.63. The van der Waals surface area contributed by atoms with Crippen molar-refractivity contribution in [2.75, 3.05) is 25.1 Å². The Balaban J connectivity index is 1.54. The SMILES string of the molecule is CO[C@@H]1CC(c2ncc[nH]2)N(C(C)c2ccc(N3CCCC3=O)cc2)C1. The first-order valence-electron chi connectivity index (χ1n) is 9.35. The van der Waals surface area contributed by atoms with Gasteiger partial charge in [0.15, 0.2) is 0 Å². The largest absolute Gasteiger partial charge is 0.380 e. The van der Waals surface area contributed by atoms with Crippen LogP contribution in [0.15, 0.2) is 36.7 Å². The first-order chi connectivity index (χ1) is 12.7. The number of imidazole rings is 1. The second-order valence-electron chi connectivity index (χ2n) is 7.20. The van der Waals surface area contributed by atoms with Crippen LogP contribution < -0.4 is 4.90 Å². The summed E-state index contributed by atoms with van der Waals surface area (Å²) in [5.74, 6) is 1.22. The number of H-pyrrole nitrogens is 1. The third-order valence-electron chi connectivity index (χ3n) is 5.73. The lowest BCUT2D eigenvalue weighted by atomic mass is 10.0. The van der Waals surface area contributed by atoms with Gasteiger partial charge in [0.25, 0.3) is 0 Å². The van der Waals surface area contributed by atoms with E-state index in [0.717, 1.165) is 37.4 Å². The third kappa shape index (κ3) is 3.15. The molecule has 2 unspecified atom stereocenters. The Morgan fingerprint density at radius 2 is 2.12 bits per heavy atom. The van der Waals surface area contributed by atoms with Gasteiger partial charge in [-0.05, 0) is 37.5 Å². The Hall–Kier alpha value is -2.18. The summed E-state index contributed by atoms with van der Waals surface area (Å²) in [5.41, 5.74) is 2.25. The molecule has 6 heteroatoms. The van der Waals surface area contributed by atoms with Gasteiger partial charge in [-0.1, -0.05) is 12.1 Å². The highest BCUT2D eigenvalue weighted by atomic mass is 16.5. The van der Waals surface area contributed by atoms with Gasteiger partial charge in [-0.3, -0.25) is 9.69 Å². The Kier molecular flexibility index (Phi) is 4.78. The average molecular weight is 354 g/mol. The second-order valence-corrected chi connectivity index (χ2v) is 7.20. The molecule has 0 saturated carbocycles. The number of likely N-dealkylation sites (tertiary alicyclic amines) is 1. The van der Waals surface area contributed by atoms with Crippen molar-refractivity contribution in [3.05, 3.63) is 48.0 Å². The van der Waals surface area contributed by atoms with Crippen molar-refractivity contribution in [3.8, 4) is 0 Å². The zero-order chi connectivity index (χ0) is 18.1. The van der Waals surface area contributed by atoms with Gasteiger partial charge in [-0.25, -0.2) is 4.98 Å². The van der Waals surface area contributed by atoms with Crippen LogP contribution in [0.5, 0.6) is 0 Å². The monoisotopic (exact) mass is 354 g/mol. The highest BCUT2D eigenvalue weighted by Crippen LogP contribution is 2.38. The quantitative estimate of drug-likeness (QED) is 0.896. The highest BCUT2D eigenvalue weighted by molar-refractivity contribution is 5.95. The van der Waals surface area contributed by atoms with Crippen molar-refractivity contribution in [3.63, 3.8) is 0 Å². The summed E-state index contributed by atoms with van der Waals surface area (Å²) in [6.45, 7) is 3.94. The summed E-state index contributed by atoms with van der Waals surface area (Å²) in [7, 11) is 1.78. The first-order valence-corrected chi connectivity index (χ1v) is 9.35. The minimum Gasteiger partial charge on any atom is -0.380 e. The molecule has 0 radical (unpaired) electrons. The molecule has 2 aromatic rings. The molecule has 3 heterocycles. The molecule has 1 N–H and O–H groups in total. The number of benzene rings is 1. The fourth-order valence-corrected chi connectivity index (χ4v) is 4.19. The summed E-state index contributed by atoms with van der Waals surface area (Å²) in [4.78, 5) is 24.0. The number of anilines is 1. The molecule has 2 fully saturated rings. The lowest BCUT2D eigenvalue weighted by molar-refractivity contribution is -0.117. The number of methoxy groups -OCH3 is 1. The molecule has 0 aliphatic carbocycles. The average Bonchev–Trinajstić information content (AvgIpc) is 3.41. The van der Waals surface area contributed by atoms with E-state index in [4.69, 9.17) is 4.74 Å². The van der Waals surface area contributed by atoms with Crippen LogP contribution in [0.3, 0.4) is 0 Å². The number of amides is 1. The molecular formula is C20H26N4O2. The van der Waals surface area contributed by atoms with Gasteiger partial charge in [-0.2, -0.15) is 0 Å². The van der Waals surface area contributed by atoms with Crippen LogP contribution in [0.1, 0.15) is 49.7 Å². The van der Waals surface area contributed by atoms with E-state index in [0.29, 0.717) is 6.42 Å². The van der Waals surface area contributed by atoms with Crippen LogP contribution in [0, 0.1) is 0 Å². The zero-order valence-corrected chi connectivity index (χ0v) is 15.4. The Bertz CT molecular complexity index is 744. The number of rotatable bonds is 5. The van der Waals surface area contributed by atoms with E-state index in [1.807, 2.05) is 11.1 Å². The molecule has 4 rings (SSSR count). The smallest absolute Gasteiger partial charge is 0.227 e. The first kappa shape index (κ1) is 17.2. The number of nitrogens with zero attached hydrogens (tertiary/aromatic N) is 3. The number of aromatic amines is 1. The number of carbonyl (C=O) groups is 1. The van der Waals surface area contributed by atoms with Gasteiger partial charge < -0.3 is 14.6 Å². The number of ether oxygens (including phenoxy) is 1. The van der Waals surface area contributed by atoms with Gasteiger partial charge in [0.1, 0.15) is 5.82 Å². The third-order valence-corrected chi connectivity index (χ3v) is 5.73. The molecule has 2 aliphatic heterocycles. The maximum absolute atomic E-state index is 11.9. The standard InChI is InChI=1S/C20H26N4O2/c1-14(15-5-7-16(8-6-15)23-11-3-4-19(23)25)24-13-17(26-2)12-18(24)20-21-9-10-22-20/h5-10,14,17-18H,3-4,11-13H2,1-2H3,(H,21,22)/t14?,17-,18?/m1/s1. The fraction of sp³-hybridized carbons (Fsp3) is 0.500. The second kappa shape index (κ2) is 7.21. The van der Waals surface area contributed by atoms with Crippen molar-refractivity contribution in [2.45, 2.75) is 44.4 Å². The molecule has 1 aromatic heterocycles. The van der Waals surface area contributed by atoms with E-state index in [-0.39, 0.29) is 24.1 Å². The van der Waals surface area contributed by atoms with Crippen molar-refractivity contribution in [2.24, 2.45) is 0 Å². The molecule has 26 heavy (non-hydrogen) atoms. The van der Waals surface area contributed by atoms with Gasteiger partial charge in [0.05, 0.1) is 12.1 Å². The number of aromatic nitrogens is 2.